The fraction of sp³-hybridized carbons (Fsp3) is 0.143. The Kier molecular flexibility index (Phi) is 1.66. The van der Waals surface area contributed by atoms with Crippen molar-refractivity contribution in [2.24, 2.45) is 0 Å². The number of halogens is 1. The Labute approximate surface area is 60.5 Å². The highest BCUT2D eigenvalue weighted by atomic mass is 19.1. The molecule has 0 bridgehead atoms. The van der Waals surface area contributed by atoms with Crippen LogP contribution in [0.15, 0.2) is 12.1 Å². The maximum atomic E-state index is 12.6. The molecule has 3 heteroatoms. The van der Waals surface area contributed by atoms with Gasteiger partial charge in [-0.2, -0.15) is 0 Å². The first-order chi connectivity index (χ1) is 4.61. The van der Waals surface area contributed by atoms with Gasteiger partial charge in [0.2, 0.25) is 0 Å². The zero-order chi connectivity index (χ0) is 7.72. The topological polar surface area (TPSA) is 26.0 Å². The lowest BCUT2D eigenvalue weighted by molar-refractivity contribution is 0.633. The first-order valence-electron chi connectivity index (χ1n) is 2.92. The van der Waals surface area contributed by atoms with Gasteiger partial charge >= 0.3 is 0 Å². The van der Waals surface area contributed by atoms with E-state index < -0.39 is 5.82 Å². The normalized spacial score (nSPS) is 9.80. The maximum absolute atomic E-state index is 12.6. The fourth-order valence-corrected chi connectivity index (χ4v) is 0.719. The van der Waals surface area contributed by atoms with Crippen LogP contribution in [0, 0.1) is 12.7 Å². The van der Waals surface area contributed by atoms with Crippen molar-refractivity contribution in [3.8, 4) is 0 Å². The average molecular weight is 135 g/mol. The van der Waals surface area contributed by atoms with Crippen molar-refractivity contribution in [3.63, 3.8) is 0 Å². The van der Waals surface area contributed by atoms with Crippen LogP contribution in [0.1, 0.15) is 5.56 Å². The quantitative estimate of drug-likeness (QED) is 0.407. The molecule has 1 rings (SSSR count). The minimum atomic E-state index is -0.455. The van der Waals surface area contributed by atoms with Gasteiger partial charge in [0.1, 0.15) is 13.7 Å². The molecule has 0 amide bonds. The van der Waals surface area contributed by atoms with Crippen LogP contribution in [0.2, 0.25) is 0 Å². The molecule has 50 valence electrons. The molecule has 0 aliphatic carbocycles. The lowest BCUT2D eigenvalue weighted by atomic mass is 9.91. The SMILES string of the molecule is [B]c1cc(F)c(N)cc1C. The van der Waals surface area contributed by atoms with Crippen LogP contribution in [0.5, 0.6) is 0 Å². The van der Waals surface area contributed by atoms with Gasteiger partial charge in [-0.15, -0.1) is 0 Å². The van der Waals surface area contributed by atoms with Crippen LogP contribution in [-0.4, -0.2) is 7.85 Å². The number of hydrogen-bond acceptors (Lipinski definition) is 1. The Morgan fingerprint density at radius 3 is 2.60 bits per heavy atom. The molecule has 0 fully saturated rings. The van der Waals surface area contributed by atoms with E-state index in [1.54, 1.807) is 6.92 Å². The lowest BCUT2D eigenvalue weighted by Gasteiger charge is -2.01. The zero-order valence-corrected chi connectivity index (χ0v) is 5.69. The molecule has 0 unspecified atom stereocenters. The minimum Gasteiger partial charge on any atom is -0.396 e. The number of nitrogens with two attached hydrogens (primary N) is 1. The number of anilines is 1. The van der Waals surface area contributed by atoms with E-state index >= 15 is 0 Å². The molecule has 2 radical (unpaired) electrons. The molecule has 0 aromatic heterocycles. The van der Waals surface area contributed by atoms with Gasteiger partial charge in [-0.1, -0.05) is 11.0 Å². The third kappa shape index (κ3) is 1.13. The summed E-state index contributed by atoms with van der Waals surface area (Å²) in [7, 11) is 5.39. The first-order valence-corrected chi connectivity index (χ1v) is 2.92. The van der Waals surface area contributed by atoms with Gasteiger partial charge in [-0.3, -0.25) is 0 Å². The van der Waals surface area contributed by atoms with E-state index in [1.165, 1.54) is 12.1 Å². The second kappa shape index (κ2) is 2.33. The van der Waals surface area contributed by atoms with Crippen molar-refractivity contribution in [3.05, 3.63) is 23.5 Å². The summed E-state index contributed by atoms with van der Waals surface area (Å²) in [5, 5.41) is 0. The summed E-state index contributed by atoms with van der Waals surface area (Å²) in [5.41, 5.74) is 6.65. The predicted octanol–water partition coefficient (Wildman–Crippen LogP) is 0.510. The van der Waals surface area contributed by atoms with Gasteiger partial charge in [0.05, 0.1) is 5.69 Å². The van der Waals surface area contributed by atoms with Crippen LogP contribution in [0.25, 0.3) is 0 Å². The molecule has 0 atom stereocenters. The summed E-state index contributed by atoms with van der Waals surface area (Å²) in [6, 6.07) is 2.75. The summed E-state index contributed by atoms with van der Waals surface area (Å²) < 4.78 is 12.6. The summed E-state index contributed by atoms with van der Waals surface area (Å²) in [4.78, 5) is 0. The molecule has 0 saturated carbocycles. The van der Waals surface area contributed by atoms with E-state index in [-0.39, 0.29) is 5.69 Å². The molecule has 0 aliphatic rings. The van der Waals surface area contributed by atoms with Crippen LogP contribution in [0.3, 0.4) is 0 Å². The number of nitrogen functional groups attached to an aromatic ring is 1. The largest absolute Gasteiger partial charge is 0.396 e. The van der Waals surface area contributed by atoms with Crippen molar-refractivity contribution in [1.82, 2.24) is 0 Å². The molecule has 10 heavy (non-hydrogen) atoms. The second-order valence-corrected chi connectivity index (χ2v) is 2.23. The van der Waals surface area contributed by atoms with E-state index in [4.69, 9.17) is 13.6 Å². The number of aryl methyl sites for hydroxylation is 1. The van der Waals surface area contributed by atoms with Crippen LogP contribution in [-0.2, 0) is 0 Å². The molecule has 0 saturated heterocycles. The third-order valence-corrected chi connectivity index (χ3v) is 1.39. The van der Waals surface area contributed by atoms with Gasteiger partial charge in [0.15, 0.2) is 0 Å². The molecule has 1 nitrogen and oxygen atoms in total. The molecule has 1 aromatic rings. The van der Waals surface area contributed by atoms with E-state index in [2.05, 4.69) is 0 Å². The van der Waals surface area contributed by atoms with Crippen molar-refractivity contribution >= 4 is 19.0 Å². The Hall–Kier alpha value is -0.985. The zero-order valence-electron chi connectivity index (χ0n) is 5.69. The Morgan fingerprint density at radius 2 is 2.10 bits per heavy atom. The summed E-state index contributed by atoms with van der Waals surface area (Å²) >= 11 is 0. The van der Waals surface area contributed by atoms with E-state index in [9.17, 15) is 4.39 Å². The predicted molar refractivity (Wildman–Crippen MR) is 40.9 cm³/mol. The summed E-state index contributed by atoms with van der Waals surface area (Å²) in [6.07, 6.45) is 0. The fourth-order valence-electron chi connectivity index (χ4n) is 0.719. The van der Waals surface area contributed by atoms with Gasteiger partial charge in [-0.25, -0.2) is 4.39 Å². The van der Waals surface area contributed by atoms with Crippen molar-refractivity contribution in [1.29, 1.82) is 0 Å². The third-order valence-electron chi connectivity index (χ3n) is 1.39. The van der Waals surface area contributed by atoms with Crippen molar-refractivity contribution < 1.29 is 4.39 Å². The van der Waals surface area contributed by atoms with Crippen molar-refractivity contribution in [2.75, 3.05) is 5.73 Å². The van der Waals surface area contributed by atoms with Crippen LogP contribution >= 0.6 is 0 Å². The molecule has 2 N–H and O–H groups in total. The molecule has 0 heterocycles. The Bertz CT molecular complexity index is 210. The minimum absolute atomic E-state index is 0.145. The second-order valence-electron chi connectivity index (χ2n) is 2.23. The summed E-state index contributed by atoms with van der Waals surface area (Å²) in [6.45, 7) is 1.78. The van der Waals surface area contributed by atoms with Gasteiger partial charge < -0.3 is 5.73 Å². The smallest absolute Gasteiger partial charge is 0.145 e. The maximum Gasteiger partial charge on any atom is 0.145 e. The van der Waals surface area contributed by atoms with Crippen LogP contribution in [0.4, 0.5) is 10.1 Å². The Morgan fingerprint density at radius 1 is 1.50 bits per heavy atom. The highest BCUT2D eigenvalue weighted by molar-refractivity contribution is 6.33. The van der Waals surface area contributed by atoms with Crippen molar-refractivity contribution in [2.45, 2.75) is 6.92 Å². The highest BCUT2D eigenvalue weighted by Crippen LogP contribution is 2.08. The molecule has 0 aliphatic heterocycles. The monoisotopic (exact) mass is 135 g/mol. The number of hydrogen-bond donors (Lipinski definition) is 1. The lowest BCUT2D eigenvalue weighted by Crippen LogP contribution is -2.09. The van der Waals surface area contributed by atoms with E-state index in [0.717, 1.165) is 5.56 Å². The summed E-state index contributed by atoms with van der Waals surface area (Å²) in [5.74, 6) is -0.455. The molecule has 0 spiro atoms. The van der Waals surface area contributed by atoms with Gasteiger partial charge in [0.25, 0.3) is 0 Å². The first kappa shape index (κ1) is 7.13. The number of rotatable bonds is 0. The van der Waals surface area contributed by atoms with E-state index in [1.807, 2.05) is 0 Å². The molecule has 1 aromatic carbocycles. The van der Waals surface area contributed by atoms with Crippen LogP contribution < -0.4 is 11.2 Å². The molecular formula is C7H7BFN. The van der Waals surface area contributed by atoms with Gasteiger partial charge in [-0.05, 0) is 19.1 Å². The number of benzene rings is 1. The highest BCUT2D eigenvalue weighted by Gasteiger charge is 1.98. The molecular weight excluding hydrogens is 128 g/mol. The van der Waals surface area contributed by atoms with Gasteiger partial charge in [0, 0.05) is 0 Å². The Balaban J connectivity index is 3.28. The standard InChI is InChI=1S/C7H7BFN/c1-4-2-7(10)6(9)3-5(4)8/h2-3H,10H2,1H3. The average Bonchev–Trinajstić information content (AvgIpc) is 1.84. The van der Waals surface area contributed by atoms with E-state index in [0.29, 0.717) is 5.46 Å².